The predicted octanol–water partition coefficient (Wildman–Crippen LogP) is 2.28. The van der Waals surface area contributed by atoms with Crippen molar-refractivity contribution in [3.8, 4) is 0 Å². The van der Waals surface area contributed by atoms with E-state index in [4.69, 9.17) is 4.52 Å². The Kier molecular flexibility index (Phi) is 4.64. The maximum absolute atomic E-state index is 12.7. The van der Waals surface area contributed by atoms with Crippen molar-refractivity contribution in [1.29, 1.82) is 0 Å². The van der Waals surface area contributed by atoms with Crippen molar-refractivity contribution >= 4 is 11.8 Å². The summed E-state index contributed by atoms with van der Waals surface area (Å²) in [4.78, 5) is 28.2. The second kappa shape index (κ2) is 6.86. The molecule has 2 aromatic rings. The van der Waals surface area contributed by atoms with Crippen LogP contribution in [0.1, 0.15) is 41.7 Å². The third-order valence-corrected chi connectivity index (χ3v) is 4.38. The average Bonchev–Trinajstić information content (AvgIpc) is 3.10. The highest BCUT2D eigenvalue weighted by Gasteiger charge is 2.33. The van der Waals surface area contributed by atoms with Gasteiger partial charge in [-0.3, -0.25) is 9.59 Å². The van der Waals surface area contributed by atoms with E-state index in [2.05, 4.69) is 5.16 Å². The topological polar surface area (TPSA) is 66.7 Å². The summed E-state index contributed by atoms with van der Waals surface area (Å²) in [5.41, 5.74) is 1.36. The molecule has 2 amide bonds. The van der Waals surface area contributed by atoms with Gasteiger partial charge in [-0.15, -0.1) is 0 Å². The highest BCUT2D eigenvalue weighted by atomic mass is 16.5. The summed E-state index contributed by atoms with van der Waals surface area (Å²) in [5.74, 6) is 0.563. The molecule has 3 rings (SSSR count). The number of amides is 2. The zero-order valence-corrected chi connectivity index (χ0v) is 13.9. The molecule has 0 spiro atoms. The monoisotopic (exact) mass is 327 g/mol. The van der Waals surface area contributed by atoms with Gasteiger partial charge in [-0.05, 0) is 5.56 Å². The fourth-order valence-electron chi connectivity index (χ4n) is 3.05. The molecule has 1 aromatic heterocycles. The van der Waals surface area contributed by atoms with Crippen LogP contribution >= 0.6 is 0 Å². The lowest BCUT2D eigenvalue weighted by atomic mass is 10.0. The molecule has 6 nitrogen and oxygen atoms in total. The van der Waals surface area contributed by atoms with E-state index in [0.29, 0.717) is 37.5 Å². The third kappa shape index (κ3) is 3.18. The maximum atomic E-state index is 12.7. The van der Waals surface area contributed by atoms with Crippen LogP contribution in [0.3, 0.4) is 0 Å². The molecule has 0 saturated carbocycles. The van der Waals surface area contributed by atoms with Gasteiger partial charge >= 0.3 is 0 Å². The molecule has 24 heavy (non-hydrogen) atoms. The van der Waals surface area contributed by atoms with Gasteiger partial charge in [0.1, 0.15) is 5.76 Å². The van der Waals surface area contributed by atoms with Gasteiger partial charge in [-0.1, -0.05) is 42.4 Å². The smallest absolute Gasteiger partial charge is 0.276 e. The van der Waals surface area contributed by atoms with Crippen LogP contribution in [0, 0.1) is 0 Å². The molecule has 2 heterocycles. The average molecular weight is 327 g/mol. The van der Waals surface area contributed by atoms with E-state index in [1.54, 1.807) is 17.9 Å². The maximum Gasteiger partial charge on any atom is 0.276 e. The van der Waals surface area contributed by atoms with Crippen molar-refractivity contribution < 1.29 is 14.1 Å². The van der Waals surface area contributed by atoms with Crippen LogP contribution < -0.4 is 0 Å². The van der Waals surface area contributed by atoms with Gasteiger partial charge in [0, 0.05) is 39.0 Å². The van der Waals surface area contributed by atoms with Crippen molar-refractivity contribution in [2.45, 2.75) is 26.3 Å². The van der Waals surface area contributed by atoms with E-state index < -0.39 is 0 Å². The molecule has 0 N–H and O–H groups in total. The highest BCUT2D eigenvalue weighted by molar-refractivity contribution is 5.92. The molecule has 1 aliphatic rings. The van der Waals surface area contributed by atoms with E-state index in [-0.39, 0.29) is 17.9 Å². The second-order valence-corrected chi connectivity index (χ2v) is 5.92. The number of benzene rings is 1. The van der Waals surface area contributed by atoms with E-state index in [1.807, 2.05) is 42.2 Å². The van der Waals surface area contributed by atoms with Crippen molar-refractivity contribution in [1.82, 2.24) is 15.0 Å². The van der Waals surface area contributed by atoms with Crippen LogP contribution in [0.25, 0.3) is 0 Å². The molecule has 126 valence electrons. The lowest BCUT2D eigenvalue weighted by Gasteiger charge is -2.41. The number of hydrogen-bond acceptors (Lipinski definition) is 4. The first kappa shape index (κ1) is 16.2. The molecular weight excluding hydrogens is 306 g/mol. The van der Waals surface area contributed by atoms with Gasteiger partial charge in [0.25, 0.3) is 5.91 Å². The van der Waals surface area contributed by atoms with Crippen LogP contribution in [0.5, 0.6) is 0 Å². The zero-order chi connectivity index (χ0) is 17.1. The Morgan fingerprint density at radius 1 is 1.25 bits per heavy atom. The van der Waals surface area contributed by atoms with E-state index in [9.17, 15) is 9.59 Å². The van der Waals surface area contributed by atoms with Gasteiger partial charge in [-0.2, -0.15) is 0 Å². The molecule has 1 saturated heterocycles. The first-order valence-corrected chi connectivity index (χ1v) is 8.17. The van der Waals surface area contributed by atoms with Gasteiger partial charge in [0.2, 0.25) is 5.91 Å². The number of hydrogen-bond donors (Lipinski definition) is 0. The van der Waals surface area contributed by atoms with Crippen molar-refractivity contribution in [2.24, 2.45) is 0 Å². The van der Waals surface area contributed by atoms with Crippen LogP contribution in [-0.2, 0) is 11.2 Å². The molecule has 0 unspecified atom stereocenters. The summed E-state index contributed by atoms with van der Waals surface area (Å²) in [5, 5.41) is 3.87. The summed E-state index contributed by atoms with van der Waals surface area (Å²) in [6, 6.07) is 11.4. The fourth-order valence-corrected chi connectivity index (χ4v) is 3.05. The minimum absolute atomic E-state index is 0.0191. The minimum Gasteiger partial charge on any atom is -0.361 e. The van der Waals surface area contributed by atoms with Crippen molar-refractivity contribution in [3.63, 3.8) is 0 Å². The molecule has 0 bridgehead atoms. The third-order valence-electron chi connectivity index (χ3n) is 4.38. The quantitative estimate of drug-likeness (QED) is 0.867. The zero-order valence-electron chi connectivity index (χ0n) is 13.9. The van der Waals surface area contributed by atoms with E-state index in [0.717, 1.165) is 5.56 Å². The van der Waals surface area contributed by atoms with Crippen LogP contribution in [0.2, 0.25) is 0 Å². The Balaban J connectivity index is 1.82. The number of piperazine rings is 1. The van der Waals surface area contributed by atoms with Crippen molar-refractivity contribution in [3.05, 3.63) is 53.4 Å². The Morgan fingerprint density at radius 2 is 2.00 bits per heavy atom. The van der Waals surface area contributed by atoms with Crippen LogP contribution in [0.15, 0.2) is 40.9 Å². The van der Waals surface area contributed by atoms with Crippen LogP contribution in [0.4, 0.5) is 0 Å². The lowest BCUT2D eigenvalue weighted by Crippen LogP contribution is -2.51. The largest absolute Gasteiger partial charge is 0.361 e. The molecule has 1 fully saturated rings. The summed E-state index contributed by atoms with van der Waals surface area (Å²) in [6.45, 7) is 4.98. The molecule has 0 aliphatic carbocycles. The molecular formula is C18H21N3O3. The summed E-state index contributed by atoms with van der Waals surface area (Å²) < 4.78 is 5.13. The molecule has 0 radical (unpaired) electrons. The normalized spacial score (nSPS) is 17.8. The van der Waals surface area contributed by atoms with Gasteiger partial charge < -0.3 is 14.3 Å². The molecule has 6 heteroatoms. The number of carbonyl (C=O) groups excluding carboxylic acids is 2. The van der Waals surface area contributed by atoms with E-state index in [1.165, 1.54) is 0 Å². The summed E-state index contributed by atoms with van der Waals surface area (Å²) in [7, 11) is 0. The molecule has 1 aromatic carbocycles. The lowest BCUT2D eigenvalue weighted by molar-refractivity contribution is -0.133. The Morgan fingerprint density at radius 3 is 2.62 bits per heavy atom. The summed E-state index contributed by atoms with van der Waals surface area (Å²) in [6.07, 6.45) is 0.699. The number of aromatic nitrogens is 1. The van der Waals surface area contributed by atoms with Crippen molar-refractivity contribution in [2.75, 3.05) is 19.6 Å². The number of nitrogens with zero attached hydrogens (tertiary/aromatic N) is 3. The number of aryl methyl sites for hydroxylation is 1. The first-order valence-electron chi connectivity index (χ1n) is 8.17. The number of rotatable bonds is 3. The van der Waals surface area contributed by atoms with Crippen LogP contribution in [-0.4, -0.2) is 46.4 Å². The SMILES string of the molecule is CCc1cc(C(=O)N2CCN(C(C)=O)[C@H](c3ccccc3)C2)no1. The van der Waals surface area contributed by atoms with E-state index >= 15 is 0 Å². The Hall–Kier alpha value is -2.63. The van der Waals surface area contributed by atoms with Gasteiger partial charge in [0.15, 0.2) is 5.69 Å². The summed E-state index contributed by atoms with van der Waals surface area (Å²) >= 11 is 0. The molecule has 1 atom stereocenters. The highest BCUT2D eigenvalue weighted by Crippen LogP contribution is 2.26. The van der Waals surface area contributed by atoms with Gasteiger partial charge in [-0.25, -0.2) is 0 Å². The fraction of sp³-hybridized carbons (Fsp3) is 0.389. The standard InChI is InChI=1S/C18H21N3O3/c1-3-15-11-16(19-24-15)18(23)20-9-10-21(13(2)22)17(12-20)14-7-5-4-6-8-14/h4-8,11,17H,3,9-10,12H2,1-2H3/t17-/m0/s1. The Bertz CT molecular complexity index is 726. The Labute approximate surface area is 141 Å². The molecule has 1 aliphatic heterocycles. The predicted molar refractivity (Wildman–Crippen MR) is 88.4 cm³/mol. The second-order valence-electron chi connectivity index (χ2n) is 5.92. The minimum atomic E-state index is -0.150. The number of carbonyl (C=O) groups is 2. The first-order chi connectivity index (χ1) is 11.6. The van der Waals surface area contributed by atoms with Gasteiger partial charge in [0.05, 0.1) is 6.04 Å².